The molecule has 6 nitrogen and oxygen atoms in total. The molecular formula is C17H20N4O2. The summed E-state index contributed by atoms with van der Waals surface area (Å²) in [6, 6.07) is 9.65. The molecule has 120 valence electrons. The van der Waals surface area contributed by atoms with Gasteiger partial charge < -0.3 is 10.2 Å². The van der Waals surface area contributed by atoms with E-state index in [-0.39, 0.29) is 17.4 Å². The van der Waals surface area contributed by atoms with E-state index < -0.39 is 0 Å². The van der Waals surface area contributed by atoms with Crippen LogP contribution in [0, 0.1) is 12.8 Å². The maximum absolute atomic E-state index is 12.3. The molecule has 2 heterocycles. The molecule has 1 aliphatic rings. The van der Waals surface area contributed by atoms with Crippen LogP contribution in [0.5, 0.6) is 0 Å². The molecule has 1 aromatic carbocycles. The number of rotatable bonds is 4. The Bertz CT molecular complexity index is 739. The van der Waals surface area contributed by atoms with Gasteiger partial charge in [-0.15, -0.1) is 0 Å². The van der Waals surface area contributed by atoms with Crippen LogP contribution in [0.25, 0.3) is 0 Å². The highest BCUT2D eigenvalue weighted by Gasteiger charge is 2.28. The minimum atomic E-state index is -0.227. The molecule has 2 aromatic rings. The van der Waals surface area contributed by atoms with E-state index in [0.29, 0.717) is 13.1 Å². The Morgan fingerprint density at radius 2 is 2.17 bits per heavy atom. The van der Waals surface area contributed by atoms with E-state index in [1.165, 1.54) is 11.6 Å². The first-order chi connectivity index (χ1) is 11.1. The predicted octanol–water partition coefficient (Wildman–Crippen LogP) is 1.22. The van der Waals surface area contributed by atoms with Crippen molar-refractivity contribution in [1.29, 1.82) is 0 Å². The molecule has 0 bridgehead atoms. The molecular weight excluding hydrogens is 292 g/mol. The Kier molecular flexibility index (Phi) is 4.41. The van der Waals surface area contributed by atoms with Gasteiger partial charge in [0.2, 0.25) is 5.91 Å². The van der Waals surface area contributed by atoms with Crippen molar-refractivity contribution in [2.24, 2.45) is 5.92 Å². The Morgan fingerprint density at radius 3 is 2.91 bits per heavy atom. The first-order valence-corrected chi connectivity index (χ1v) is 7.75. The number of nitrogens with one attached hydrogen (secondary N) is 2. The number of hydrogen-bond acceptors (Lipinski definition) is 4. The van der Waals surface area contributed by atoms with Gasteiger partial charge >= 0.3 is 0 Å². The molecule has 0 spiro atoms. The van der Waals surface area contributed by atoms with Crippen molar-refractivity contribution in [2.45, 2.75) is 19.9 Å². The van der Waals surface area contributed by atoms with E-state index in [0.717, 1.165) is 24.2 Å². The summed E-state index contributed by atoms with van der Waals surface area (Å²) in [5.74, 6) is 0.00520. The lowest BCUT2D eigenvalue weighted by molar-refractivity contribution is -0.124. The SMILES string of the molecule is Cc1ccc(CNC(=O)C2CCN(c3cn[nH]c(=O)c3)C2)cc1. The summed E-state index contributed by atoms with van der Waals surface area (Å²) < 4.78 is 0. The Hall–Kier alpha value is -2.63. The van der Waals surface area contributed by atoms with Crippen molar-refractivity contribution in [1.82, 2.24) is 15.5 Å². The molecule has 0 saturated carbocycles. The highest BCUT2D eigenvalue weighted by molar-refractivity contribution is 5.80. The second-order valence-electron chi connectivity index (χ2n) is 5.94. The number of benzene rings is 1. The van der Waals surface area contributed by atoms with E-state index in [2.05, 4.69) is 15.5 Å². The van der Waals surface area contributed by atoms with Gasteiger partial charge in [-0.3, -0.25) is 9.59 Å². The van der Waals surface area contributed by atoms with Crippen LogP contribution in [-0.4, -0.2) is 29.2 Å². The zero-order chi connectivity index (χ0) is 16.2. The highest BCUT2D eigenvalue weighted by atomic mass is 16.2. The topological polar surface area (TPSA) is 78.1 Å². The van der Waals surface area contributed by atoms with Crippen LogP contribution < -0.4 is 15.8 Å². The van der Waals surface area contributed by atoms with E-state index in [9.17, 15) is 9.59 Å². The number of H-pyrrole nitrogens is 1. The van der Waals surface area contributed by atoms with Crippen molar-refractivity contribution in [3.63, 3.8) is 0 Å². The summed E-state index contributed by atoms with van der Waals surface area (Å²) in [7, 11) is 0. The van der Waals surface area contributed by atoms with Crippen molar-refractivity contribution >= 4 is 11.6 Å². The van der Waals surface area contributed by atoms with E-state index in [4.69, 9.17) is 0 Å². The number of nitrogens with zero attached hydrogens (tertiary/aromatic N) is 2. The van der Waals surface area contributed by atoms with E-state index >= 15 is 0 Å². The summed E-state index contributed by atoms with van der Waals surface area (Å²) in [5.41, 5.74) is 2.84. The zero-order valence-corrected chi connectivity index (χ0v) is 13.1. The average Bonchev–Trinajstić information content (AvgIpc) is 3.04. The molecule has 1 aliphatic heterocycles. The van der Waals surface area contributed by atoms with Crippen LogP contribution in [0.2, 0.25) is 0 Å². The second-order valence-corrected chi connectivity index (χ2v) is 5.94. The van der Waals surface area contributed by atoms with Gasteiger partial charge in [-0.25, -0.2) is 5.10 Å². The molecule has 0 aliphatic carbocycles. The minimum absolute atomic E-state index is 0.0558. The molecule has 1 fully saturated rings. The van der Waals surface area contributed by atoms with Gasteiger partial charge in [-0.05, 0) is 18.9 Å². The molecule has 1 atom stereocenters. The average molecular weight is 312 g/mol. The fourth-order valence-corrected chi connectivity index (χ4v) is 2.79. The fourth-order valence-electron chi connectivity index (χ4n) is 2.79. The second kappa shape index (κ2) is 6.64. The molecule has 0 radical (unpaired) electrons. The highest BCUT2D eigenvalue weighted by Crippen LogP contribution is 2.22. The van der Waals surface area contributed by atoms with Crippen molar-refractivity contribution in [3.8, 4) is 0 Å². The first-order valence-electron chi connectivity index (χ1n) is 7.75. The molecule has 3 rings (SSSR count). The number of anilines is 1. The van der Waals surface area contributed by atoms with Gasteiger partial charge in [0.15, 0.2) is 0 Å². The number of aromatic nitrogens is 2. The van der Waals surface area contributed by atoms with Gasteiger partial charge in [-0.2, -0.15) is 5.10 Å². The molecule has 6 heteroatoms. The Labute approximate surface area is 134 Å². The minimum Gasteiger partial charge on any atom is -0.369 e. The quantitative estimate of drug-likeness (QED) is 0.890. The fraction of sp³-hybridized carbons (Fsp3) is 0.353. The zero-order valence-electron chi connectivity index (χ0n) is 13.1. The third-order valence-corrected chi connectivity index (χ3v) is 4.16. The summed E-state index contributed by atoms with van der Waals surface area (Å²) in [5, 5.41) is 9.16. The predicted molar refractivity (Wildman–Crippen MR) is 88.2 cm³/mol. The Balaban J connectivity index is 1.55. The number of carbonyl (C=O) groups is 1. The first kappa shape index (κ1) is 15.3. The van der Waals surface area contributed by atoms with Gasteiger partial charge in [0.25, 0.3) is 5.56 Å². The largest absolute Gasteiger partial charge is 0.369 e. The number of amides is 1. The summed E-state index contributed by atoms with van der Waals surface area (Å²) >= 11 is 0. The molecule has 2 N–H and O–H groups in total. The number of hydrogen-bond donors (Lipinski definition) is 2. The smallest absolute Gasteiger partial charge is 0.266 e. The lowest BCUT2D eigenvalue weighted by Crippen LogP contribution is -2.32. The molecule has 1 unspecified atom stereocenters. The third kappa shape index (κ3) is 3.77. The van der Waals surface area contributed by atoms with Gasteiger partial charge in [0, 0.05) is 25.7 Å². The summed E-state index contributed by atoms with van der Waals surface area (Å²) in [6.07, 6.45) is 2.40. The molecule has 1 saturated heterocycles. The van der Waals surface area contributed by atoms with Gasteiger partial charge in [0.1, 0.15) is 0 Å². The van der Waals surface area contributed by atoms with E-state index in [1.54, 1.807) is 6.20 Å². The molecule has 1 amide bonds. The van der Waals surface area contributed by atoms with E-state index in [1.807, 2.05) is 36.1 Å². The molecule has 23 heavy (non-hydrogen) atoms. The number of aromatic amines is 1. The van der Waals surface area contributed by atoms with Crippen LogP contribution in [-0.2, 0) is 11.3 Å². The number of aryl methyl sites for hydroxylation is 1. The lowest BCUT2D eigenvalue weighted by atomic mass is 10.1. The molecule has 1 aromatic heterocycles. The van der Waals surface area contributed by atoms with Crippen LogP contribution in [0.4, 0.5) is 5.69 Å². The van der Waals surface area contributed by atoms with Gasteiger partial charge in [-0.1, -0.05) is 29.8 Å². The van der Waals surface area contributed by atoms with Crippen LogP contribution in [0.1, 0.15) is 17.5 Å². The van der Waals surface area contributed by atoms with Crippen LogP contribution >= 0.6 is 0 Å². The lowest BCUT2D eigenvalue weighted by Gasteiger charge is -2.17. The maximum atomic E-state index is 12.3. The normalized spacial score (nSPS) is 17.3. The van der Waals surface area contributed by atoms with Crippen molar-refractivity contribution in [3.05, 3.63) is 58.0 Å². The standard InChI is InChI=1S/C17H20N4O2/c1-12-2-4-13(5-3-12)9-18-17(23)14-6-7-21(11-14)15-8-16(22)20-19-10-15/h2-5,8,10,14H,6-7,9,11H2,1H3,(H,18,23)(H,20,22). The van der Waals surface area contributed by atoms with Crippen LogP contribution in [0.3, 0.4) is 0 Å². The van der Waals surface area contributed by atoms with Crippen LogP contribution in [0.15, 0.2) is 41.3 Å². The monoisotopic (exact) mass is 312 g/mol. The Morgan fingerprint density at radius 1 is 1.39 bits per heavy atom. The summed E-state index contributed by atoms with van der Waals surface area (Å²) in [4.78, 5) is 25.7. The summed E-state index contributed by atoms with van der Waals surface area (Å²) in [6.45, 7) is 3.96. The van der Waals surface area contributed by atoms with Crippen molar-refractivity contribution < 1.29 is 4.79 Å². The third-order valence-electron chi connectivity index (χ3n) is 4.16. The van der Waals surface area contributed by atoms with Gasteiger partial charge in [0.05, 0.1) is 17.8 Å². The number of carbonyl (C=O) groups excluding carboxylic acids is 1. The maximum Gasteiger partial charge on any atom is 0.266 e. The van der Waals surface area contributed by atoms with Crippen molar-refractivity contribution in [2.75, 3.05) is 18.0 Å².